The van der Waals surface area contributed by atoms with Crippen LogP contribution < -0.4 is 9.47 Å². The maximum atomic E-state index is 5.84. The van der Waals surface area contributed by atoms with Gasteiger partial charge in [0.15, 0.2) is 0 Å². The van der Waals surface area contributed by atoms with Gasteiger partial charge in [-0.2, -0.15) is 0 Å². The van der Waals surface area contributed by atoms with Gasteiger partial charge < -0.3 is 9.47 Å². The largest absolute Gasteiger partial charge is 0.492 e. The Labute approximate surface area is 139 Å². The molecule has 2 nitrogen and oxygen atoms in total. The molecule has 1 aromatic carbocycles. The Balaban J connectivity index is 2.70. The topological polar surface area (TPSA) is 18.5 Å². The molecule has 1 rings (SSSR count). The van der Waals surface area contributed by atoms with Crippen LogP contribution >= 0.6 is 31.9 Å². The van der Waals surface area contributed by atoms with Crippen LogP contribution in [0.1, 0.15) is 40.5 Å². The van der Waals surface area contributed by atoms with Gasteiger partial charge in [-0.05, 0) is 55.8 Å². The van der Waals surface area contributed by atoms with Crippen LogP contribution in [0.3, 0.4) is 0 Å². The van der Waals surface area contributed by atoms with Crippen LogP contribution in [0.4, 0.5) is 0 Å². The minimum atomic E-state index is 0.557. The molecule has 0 unspecified atom stereocenters. The molecule has 0 aromatic heterocycles. The monoisotopic (exact) mass is 406 g/mol. The van der Waals surface area contributed by atoms with E-state index in [4.69, 9.17) is 9.47 Å². The quantitative estimate of drug-likeness (QED) is 0.521. The summed E-state index contributed by atoms with van der Waals surface area (Å²) in [6.07, 6.45) is 2.24. The highest BCUT2D eigenvalue weighted by Crippen LogP contribution is 2.36. The van der Waals surface area contributed by atoms with E-state index < -0.39 is 0 Å². The van der Waals surface area contributed by atoms with Gasteiger partial charge in [-0.25, -0.2) is 0 Å². The number of halogens is 2. The van der Waals surface area contributed by atoms with Crippen molar-refractivity contribution in [2.75, 3.05) is 13.2 Å². The zero-order chi connectivity index (χ0) is 15.1. The lowest BCUT2D eigenvalue weighted by molar-refractivity contribution is 0.248. The summed E-state index contributed by atoms with van der Waals surface area (Å²) in [5.74, 6) is 2.82. The first-order valence-electron chi connectivity index (χ1n) is 7.22. The Bertz CT molecular complexity index is 381. The standard InChI is InChI=1S/C16H24Br2O2/c1-5-11(3)9-19-15-7-14(18)16(8-13(15)17)20-10-12(4)6-2/h7-8,11-12H,5-6,9-10H2,1-4H3/t11-,12+. The molecule has 0 aliphatic heterocycles. The smallest absolute Gasteiger partial charge is 0.134 e. The summed E-state index contributed by atoms with van der Waals surface area (Å²) in [5, 5.41) is 0. The molecule has 2 atom stereocenters. The molecule has 0 amide bonds. The molecule has 4 heteroatoms. The van der Waals surface area contributed by atoms with Crippen molar-refractivity contribution in [1.29, 1.82) is 0 Å². The summed E-state index contributed by atoms with van der Waals surface area (Å²) in [6, 6.07) is 3.94. The summed E-state index contributed by atoms with van der Waals surface area (Å²) in [7, 11) is 0. The zero-order valence-corrected chi connectivity index (χ0v) is 15.9. The summed E-state index contributed by atoms with van der Waals surface area (Å²) < 4.78 is 13.5. The van der Waals surface area contributed by atoms with E-state index in [1.807, 2.05) is 12.1 Å². The van der Waals surface area contributed by atoms with Crippen LogP contribution in [0.5, 0.6) is 11.5 Å². The van der Waals surface area contributed by atoms with E-state index in [0.29, 0.717) is 11.8 Å². The fourth-order valence-electron chi connectivity index (χ4n) is 1.43. The van der Waals surface area contributed by atoms with Crippen LogP contribution in [0.25, 0.3) is 0 Å². The number of hydrogen-bond donors (Lipinski definition) is 0. The van der Waals surface area contributed by atoms with E-state index in [1.165, 1.54) is 0 Å². The summed E-state index contributed by atoms with van der Waals surface area (Å²) >= 11 is 7.10. The fourth-order valence-corrected chi connectivity index (χ4v) is 2.31. The van der Waals surface area contributed by atoms with Crippen molar-refractivity contribution < 1.29 is 9.47 Å². The minimum absolute atomic E-state index is 0.557. The van der Waals surface area contributed by atoms with Crippen molar-refractivity contribution in [1.82, 2.24) is 0 Å². The predicted octanol–water partition coefficient (Wildman–Crippen LogP) is 6.06. The van der Waals surface area contributed by atoms with Crippen molar-refractivity contribution in [2.45, 2.75) is 40.5 Å². The lowest BCUT2D eigenvalue weighted by Crippen LogP contribution is -2.09. The van der Waals surface area contributed by atoms with Gasteiger partial charge in [0, 0.05) is 0 Å². The molecule has 0 fully saturated rings. The normalized spacial score (nSPS) is 13.9. The molecule has 114 valence electrons. The third-order valence-electron chi connectivity index (χ3n) is 3.43. The first-order chi connectivity index (χ1) is 9.47. The Hall–Kier alpha value is -0.220. The summed E-state index contributed by atoms with van der Waals surface area (Å²) in [6.45, 7) is 10.2. The van der Waals surface area contributed by atoms with Gasteiger partial charge in [-0.15, -0.1) is 0 Å². The molecule has 0 saturated heterocycles. The van der Waals surface area contributed by atoms with Gasteiger partial charge in [0.05, 0.1) is 22.2 Å². The van der Waals surface area contributed by atoms with E-state index in [0.717, 1.165) is 46.5 Å². The van der Waals surface area contributed by atoms with Crippen molar-refractivity contribution >= 4 is 31.9 Å². The van der Waals surface area contributed by atoms with E-state index in [-0.39, 0.29) is 0 Å². The maximum Gasteiger partial charge on any atom is 0.134 e. The van der Waals surface area contributed by atoms with Crippen molar-refractivity contribution in [3.63, 3.8) is 0 Å². The molecule has 0 radical (unpaired) electrons. The van der Waals surface area contributed by atoms with Crippen LogP contribution in [-0.2, 0) is 0 Å². The number of benzene rings is 1. The second-order valence-electron chi connectivity index (χ2n) is 5.36. The molecule has 1 aromatic rings. The number of ether oxygens (including phenoxy) is 2. The Morgan fingerprint density at radius 1 is 0.850 bits per heavy atom. The summed E-state index contributed by atoms with van der Waals surface area (Å²) in [4.78, 5) is 0. The highest BCUT2D eigenvalue weighted by atomic mass is 79.9. The molecule has 0 heterocycles. The first-order valence-corrected chi connectivity index (χ1v) is 8.81. The Kier molecular flexibility index (Phi) is 7.96. The first kappa shape index (κ1) is 17.8. The van der Waals surface area contributed by atoms with Crippen molar-refractivity contribution in [3.05, 3.63) is 21.1 Å². The molecule has 0 N–H and O–H groups in total. The average Bonchev–Trinajstić information content (AvgIpc) is 2.45. The van der Waals surface area contributed by atoms with E-state index >= 15 is 0 Å². The Morgan fingerprint density at radius 2 is 1.20 bits per heavy atom. The van der Waals surface area contributed by atoms with Gasteiger partial charge in [0.2, 0.25) is 0 Å². The third-order valence-corrected chi connectivity index (χ3v) is 4.67. The van der Waals surface area contributed by atoms with Crippen molar-refractivity contribution in [3.8, 4) is 11.5 Å². The van der Waals surface area contributed by atoms with E-state index in [2.05, 4.69) is 59.6 Å². The SMILES string of the molecule is CC[C@@H](C)COc1cc(Br)c(OC[C@@H](C)CC)cc1Br. The van der Waals surface area contributed by atoms with E-state index in [9.17, 15) is 0 Å². The van der Waals surface area contributed by atoms with Gasteiger partial charge >= 0.3 is 0 Å². The lowest BCUT2D eigenvalue weighted by Gasteiger charge is -2.16. The fraction of sp³-hybridized carbons (Fsp3) is 0.625. The molecular formula is C16H24Br2O2. The number of rotatable bonds is 8. The minimum Gasteiger partial charge on any atom is -0.492 e. The van der Waals surface area contributed by atoms with Gasteiger partial charge in [-0.3, -0.25) is 0 Å². The third kappa shape index (κ3) is 5.65. The highest BCUT2D eigenvalue weighted by Gasteiger charge is 2.11. The van der Waals surface area contributed by atoms with Gasteiger partial charge in [0.25, 0.3) is 0 Å². The average molecular weight is 408 g/mol. The van der Waals surface area contributed by atoms with Crippen LogP contribution in [0.15, 0.2) is 21.1 Å². The van der Waals surface area contributed by atoms with Crippen LogP contribution in [0, 0.1) is 11.8 Å². The van der Waals surface area contributed by atoms with E-state index in [1.54, 1.807) is 0 Å². The van der Waals surface area contributed by atoms with Gasteiger partial charge in [-0.1, -0.05) is 40.5 Å². The van der Waals surface area contributed by atoms with Crippen LogP contribution in [-0.4, -0.2) is 13.2 Å². The molecule has 0 spiro atoms. The highest BCUT2D eigenvalue weighted by molar-refractivity contribution is 9.11. The molecule has 0 saturated carbocycles. The molecule has 0 bridgehead atoms. The second-order valence-corrected chi connectivity index (χ2v) is 7.07. The second kappa shape index (κ2) is 8.93. The molecular weight excluding hydrogens is 384 g/mol. The zero-order valence-electron chi connectivity index (χ0n) is 12.7. The number of hydrogen-bond acceptors (Lipinski definition) is 2. The molecule has 0 aliphatic carbocycles. The summed E-state index contributed by atoms with van der Waals surface area (Å²) in [5.41, 5.74) is 0. The lowest BCUT2D eigenvalue weighted by atomic mass is 10.1. The molecule has 20 heavy (non-hydrogen) atoms. The maximum absolute atomic E-state index is 5.84. The van der Waals surface area contributed by atoms with Crippen LogP contribution in [0.2, 0.25) is 0 Å². The van der Waals surface area contributed by atoms with Gasteiger partial charge in [0.1, 0.15) is 11.5 Å². The Morgan fingerprint density at radius 3 is 1.50 bits per heavy atom. The predicted molar refractivity (Wildman–Crippen MR) is 91.7 cm³/mol. The van der Waals surface area contributed by atoms with Crippen molar-refractivity contribution in [2.24, 2.45) is 11.8 Å². The molecule has 0 aliphatic rings.